The van der Waals surface area contributed by atoms with Crippen molar-refractivity contribution in [1.82, 2.24) is 0 Å². The van der Waals surface area contributed by atoms with E-state index in [-0.39, 0.29) is 19.3 Å². The molecule has 84 valence electrons. The summed E-state index contributed by atoms with van der Waals surface area (Å²) in [7, 11) is -3.88. The van der Waals surface area contributed by atoms with E-state index in [1.807, 2.05) is 6.92 Å². The van der Waals surface area contributed by atoms with Crippen molar-refractivity contribution in [2.24, 2.45) is 11.7 Å². The minimum Gasteiger partial charge on any atom is -0.328 e. The van der Waals surface area contributed by atoms with Crippen molar-refractivity contribution in [1.29, 1.82) is 0 Å². The van der Waals surface area contributed by atoms with Crippen LogP contribution in [0.15, 0.2) is 0 Å². The van der Waals surface area contributed by atoms with Gasteiger partial charge in [0.25, 0.3) is 0 Å². The zero-order valence-corrected chi connectivity index (χ0v) is 9.28. The Kier molecular flexibility index (Phi) is 4.54. The lowest BCUT2D eigenvalue weighted by Crippen LogP contribution is -2.16. The highest BCUT2D eigenvalue weighted by atomic mass is 31.2. The van der Waals surface area contributed by atoms with Crippen LogP contribution in [0.3, 0.4) is 0 Å². The SMILES string of the molecule is C[C@H]1CCC[C@H]1OP(=O)(O)OCCN. The van der Waals surface area contributed by atoms with Gasteiger partial charge < -0.3 is 10.6 Å². The smallest absolute Gasteiger partial charge is 0.328 e. The molecule has 5 nitrogen and oxygen atoms in total. The lowest BCUT2D eigenvalue weighted by Gasteiger charge is -2.19. The molecule has 0 aromatic heterocycles. The molecule has 0 bridgehead atoms. The number of phosphoric ester groups is 1. The molecule has 1 rings (SSSR count). The third-order valence-corrected chi connectivity index (χ3v) is 3.47. The van der Waals surface area contributed by atoms with Crippen LogP contribution in [0, 0.1) is 5.92 Å². The Bertz CT molecular complexity index is 223. The lowest BCUT2D eigenvalue weighted by molar-refractivity contribution is 0.0888. The molecule has 0 aromatic rings. The highest BCUT2D eigenvalue weighted by Crippen LogP contribution is 2.47. The molecule has 1 unspecified atom stereocenters. The summed E-state index contributed by atoms with van der Waals surface area (Å²) < 4.78 is 21.0. The summed E-state index contributed by atoms with van der Waals surface area (Å²) in [4.78, 5) is 9.28. The molecule has 0 aromatic carbocycles. The Labute approximate surface area is 84.2 Å². The average Bonchev–Trinajstić information content (AvgIpc) is 2.48. The first-order chi connectivity index (χ1) is 6.55. The molecule has 0 amide bonds. The highest BCUT2D eigenvalue weighted by molar-refractivity contribution is 7.47. The van der Waals surface area contributed by atoms with Gasteiger partial charge in [-0.1, -0.05) is 13.3 Å². The first-order valence-corrected chi connectivity index (χ1v) is 6.40. The van der Waals surface area contributed by atoms with Crippen molar-refractivity contribution in [2.45, 2.75) is 32.3 Å². The number of nitrogens with two attached hydrogens (primary N) is 1. The number of hydrogen-bond donors (Lipinski definition) is 2. The van der Waals surface area contributed by atoms with Gasteiger partial charge in [-0.3, -0.25) is 9.05 Å². The Hall–Kier alpha value is 0.0700. The molecule has 1 saturated carbocycles. The molecular formula is C8H18NO4P. The van der Waals surface area contributed by atoms with Crippen molar-refractivity contribution in [3.8, 4) is 0 Å². The van der Waals surface area contributed by atoms with Gasteiger partial charge in [0.05, 0.1) is 12.7 Å². The monoisotopic (exact) mass is 223 g/mol. The highest BCUT2D eigenvalue weighted by Gasteiger charge is 2.32. The molecule has 3 N–H and O–H groups in total. The maximum Gasteiger partial charge on any atom is 0.472 e. The zero-order valence-electron chi connectivity index (χ0n) is 8.39. The van der Waals surface area contributed by atoms with Crippen LogP contribution in [0.2, 0.25) is 0 Å². The standard InChI is InChI=1S/C8H18NO4P/c1-7-3-2-4-8(7)13-14(10,11)12-6-5-9/h7-8H,2-6,9H2,1H3,(H,10,11)/t7-,8+/m0/s1. The quantitative estimate of drug-likeness (QED) is 0.686. The minimum absolute atomic E-state index is 0.0505. The molecule has 1 aliphatic carbocycles. The van der Waals surface area contributed by atoms with Crippen LogP contribution in [0.25, 0.3) is 0 Å². The maximum atomic E-state index is 11.3. The third kappa shape index (κ3) is 3.67. The van der Waals surface area contributed by atoms with E-state index in [9.17, 15) is 9.46 Å². The third-order valence-electron chi connectivity index (χ3n) is 2.42. The van der Waals surface area contributed by atoms with Crippen LogP contribution in [0.1, 0.15) is 26.2 Å². The van der Waals surface area contributed by atoms with Gasteiger partial charge in [-0.25, -0.2) is 4.57 Å². The molecule has 0 spiro atoms. The predicted octanol–water partition coefficient (Wildman–Crippen LogP) is 1.27. The number of phosphoric acid groups is 1. The van der Waals surface area contributed by atoms with Crippen molar-refractivity contribution in [3.63, 3.8) is 0 Å². The topological polar surface area (TPSA) is 81.8 Å². The Balaban J connectivity index is 2.37. The summed E-state index contributed by atoms with van der Waals surface area (Å²) in [5, 5.41) is 0. The van der Waals surface area contributed by atoms with Crippen LogP contribution in [0.4, 0.5) is 0 Å². The minimum atomic E-state index is -3.88. The number of rotatable bonds is 5. The Morgan fingerprint density at radius 2 is 2.29 bits per heavy atom. The molecule has 14 heavy (non-hydrogen) atoms. The summed E-state index contributed by atoms with van der Waals surface area (Å²) in [6.45, 7) is 2.28. The van der Waals surface area contributed by atoms with E-state index in [0.717, 1.165) is 19.3 Å². The first-order valence-electron chi connectivity index (χ1n) is 4.91. The Morgan fingerprint density at radius 3 is 2.79 bits per heavy atom. The van der Waals surface area contributed by atoms with Crippen LogP contribution < -0.4 is 5.73 Å². The van der Waals surface area contributed by atoms with E-state index >= 15 is 0 Å². The van der Waals surface area contributed by atoms with Crippen LogP contribution in [0.5, 0.6) is 0 Å². The second-order valence-corrected chi connectivity index (χ2v) is 5.05. The van der Waals surface area contributed by atoms with E-state index in [0.29, 0.717) is 5.92 Å². The van der Waals surface area contributed by atoms with E-state index in [1.165, 1.54) is 0 Å². The van der Waals surface area contributed by atoms with Gasteiger partial charge in [-0.2, -0.15) is 0 Å². The average molecular weight is 223 g/mol. The molecule has 1 fully saturated rings. The Morgan fingerprint density at radius 1 is 1.57 bits per heavy atom. The van der Waals surface area contributed by atoms with Crippen molar-refractivity contribution in [3.05, 3.63) is 0 Å². The second-order valence-electron chi connectivity index (χ2n) is 3.64. The van der Waals surface area contributed by atoms with Gasteiger partial charge >= 0.3 is 7.82 Å². The van der Waals surface area contributed by atoms with Gasteiger partial charge in [0.15, 0.2) is 0 Å². The molecule has 0 heterocycles. The van der Waals surface area contributed by atoms with Gasteiger partial charge in [0, 0.05) is 6.54 Å². The van der Waals surface area contributed by atoms with E-state index < -0.39 is 7.82 Å². The second kappa shape index (κ2) is 5.24. The van der Waals surface area contributed by atoms with E-state index in [4.69, 9.17) is 10.3 Å². The molecule has 0 saturated heterocycles. The summed E-state index contributed by atoms with van der Waals surface area (Å²) in [5.74, 6) is 0.331. The summed E-state index contributed by atoms with van der Waals surface area (Å²) in [5.41, 5.74) is 5.16. The van der Waals surface area contributed by atoms with Gasteiger partial charge in [-0.15, -0.1) is 0 Å². The van der Waals surface area contributed by atoms with Gasteiger partial charge in [0.2, 0.25) is 0 Å². The van der Waals surface area contributed by atoms with E-state index in [2.05, 4.69) is 4.52 Å². The molecule has 0 aliphatic heterocycles. The molecule has 0 radical (unpaired) electrons. The summed E-state index contributed by atoms with van der Waals surface area (Å²) in [6.07, 6.45) is 2.77. The van der Waals surface area contributed by atoms with Crippen LogP contribution in [-0.4, -0.2) is 24.1 Å². The molecule has 3 atom stereocenters. The van der Waals surface area contributed by atoms with Gasteiger partial charge in [-0.05, 0) is 18.8 Å². The number of hydrogen-bond acceptors (Lipinski definition) is 4. The largest absolute Gasteiger partial charge is 0.472 e. The first kappa shape index (κ1) is 12.1. The van der Waals surface area contributed by atoms with Crippen molar-refractivity contribution < 1.29 is 18.5 Å². The normalized spacial score (nSPS) is 31.6. The molecular weight excluding hydrogens is 205 g/mol. The fourth-order valence-corrected chi connectivity index (χ4v) is 2.69. The fourth-order valence-electron chi connectivity index (χ4n) is 1.64. The molecule has 6 heteroatoms. The van der Waals surface area contributed by atoms with Crippen LogP contribution >= 0.6 is 7.82 Å². The summed E-state index contributed by atoms with van der Waals surface area (Å²) in [6, 6.07) is 0. The predicted molar refractivity (Wildman–Crippen MR) is 52.7 cm³/mol. The van der Waals surface area contributed by atoms with Crippen molar-refractivity contribution >= 4 is 7.82 Å². The lowest BCUT2D eigenvalue weighted by atomic mass is 10.1. The molecule has 1 aliphatic rings. The van der Waals surface area contributed by atoms with E-state index in [1.54, 1.807) is 0 Å². The van der Waals surface area contributed by atoms with Crippen molar-refractivity contribution in [2.75, 3.05) is 13.2 Å². The maximum absolute atomic E-state index is 11.3. The van der Waals surface area contributed by atoms with Gasteiger partial charge in [0.1, 0.15) is 0 Å². The summed E-state index contributed by atoms with van der Waals surface area (Å²) >= 11 is 0. The van der Waals surface area contributed by atoms with Crippen LogP contribution in [-0.2, 0) is 13.6 Å². The zero-order chi connectivity index (χ0) is 10.6. The fraction of sp³-hybridized carbons (Fsp3) is 1.00.